The fraction of sp³-hybridized carbons (Fsp3) is 0. The monoisotopic (exact) mass is 1510 g/mol. The summed E-state index contributed by atoms with van der Waals surface area (Å²) in [5, 5.41) is 9.98. The summed E-state index contributed by atoms with van der Waals surface area (Å²) in [6, 6.07) is 137. The van der Waals surface area contributed by atoms with Crippen molar-refractivity contribution in [3.63, 3.8) is 0 Å². The van der Waals surface area contributed by atoms with Crippen LogP contribution in [-0.2, 0) is 0 Å². The van der Waals surface area contributed by atoms with Crippen LogP contribution in [0.1, 0.15) is 0 Å². The number of nitrogens with zero attached hydrogens (tertiary/aromatic N) is 6. The van der Waals surface area contributed by atoms with Crippen LogP contribution in [0.25, 0.3) is 233 Å². The van der Waals surface area contributed by atoms with Crippen molar-refractivity contribution >= 4 is 121 Å². The number of aromatic nitrogens is 6. The summed E-state index contributed by atoms with van der Waals surface area (Å²) in [5.41, 5.74) is 30.9. The molecule has 0 unspecified atom stereocenters. The van der Waals surface area contributed by atoms with Gasteiger partial charge < -0.3 is 17.7 Å². The molecule has 0 aliphatic heterocycles. The van der Waals surface area contributed by atoms with Crippen molar-refractivity contribution in [3.8, 4) is 112 Å². The Morgan fingerprint density at radius 1 is 0.144 bits per heavy atom. The Labute approximate surface area is 676 Å². The van der Waals surface area contributed by atoms with Gasteiger partial charge in [-0.15, -0.1) is 0 Å². The molecule has 10 nitrogen and oxygen atoms in total. The minimum atomic E-state index is 0.728. The summed E-state index contributed by atoms with van der Waals surface area (Å²) in [6.07, 6.45) is 0. The van der Waals surface area contributed by atoms with Crippen LogP contribution < -0.4 is 0 Å². The van der Waals surface area contributed by atoms with Crippen LogP contribution in [0.4, 0.5) is 0 Å². The standard InChI is InChI=1S/C38H22N2O2.C38H24N2O.C32H20N2O/c1-5-14-33-27(10-1)29-18-16-24(22-36(29)42-33)23-8-7-9-25(20-23)37-38(40-32-13-4-3-12-31(32)39-37)26-17-19-35-30(21-26)28-11-2-6-15-34(28)41-35;1-3-9-27(10-4-1)37-32-21-19-30(24-34(32)39-38(40-37)28-11-5-2-6-12-28)26-17-15-25(16-18-26)29-20-22-36-33(23-29)31-13-7-8-14-35(31)41-36;1-3-10-21(11-4-1)30-31(22-12-5-2-6-13-22)34-32-24(15-9-16-27(32)33-30)23-18-19-26-25-14-7-8-17-28(25)35-29(26)20-23/h1-22H;1-24H;1-20H. The van der Waals surface area contributed by atoms with Crippen LogP contribution in [0.3, 0.4) is 0 Å². The Morgan fingerprint density at radius 3 is 1.03 bits per heavy atom. The average molecular weight is 1510 g/mol. The Kier molecular flexibility index (Phi) is 17.0. The summed E-state index contributed by atoms with van der Waals surface area (Å²) in [4.78, 5) is 30.7. The highest BCUT2D eigenvalue weighted by Crippen LogP contribution is 2.43. The zero-order valence-corrected chi connectivity index (χ0v) is 63.4. The molecule has 7 aromatic heterocycles. The fourth-order valence-electron chi connectivity index (χ4n) is 16.4. The fourth-order valence-corrected chi connectivity index (χ4v) is 16.4. The quantitative estimate of drug-likeness (QED) is 0.130. The minimum Gasteiger partial charge on any atom is -0.456 e. The Hall–Kier alpha value is -16.0. The number of fused-ring (bicyclic) bond motifs is 15. The third-order valence-corrected chi connectivity index (χ3v) is 22.3. The molecule has 10 heteroatoms. The topological polar surface area (TPSA) is 130 Å². The lowest BCUT2D eigenvalue weighted by Gasteiger charge is -2.13. The second kappa shape index (κ2) is 29.2. The SMILES string of the molecule is c1cc(-c2ccc3c(c2)oc2ccccc23)cc(-c2nc3ccccc3nc2-c2ccc3oc4ccccc4c3c2)c1.c1ccc(-c2nc(-c3ccccc3)c3ccc(-c4ccc(-c5ccc6oc7ccccc7c6c5)cc4)cc3n2)cc1.c1ccc(-c2nc3cccc(-c4ccc5c(c4)oc4ccccc45)c3nc2-c2ccccc2)cc1. The molecule has 0 atom stereocenters. The molecule has 0 fully saturated rings. The summed E-state index contributed by atoms with van der Waals surface area (Å²) in [6.45, 7) is 0. The maximum Gasteiger partial charge on any atom is 0.160 e. The van der Waals surface area contributed by atoms with Crippen LogP contribution in [0.15, 0.2) is 418 Å². The second-order valence-electron chi connectivity index (χ2n) is 29.5. The number of para-hydroxylation sites is 7. The number of benzene rings is 17. The van der Waals surface area contributed by atoms with Gasteiger partial charge in [0.2, 0.25) is 0 Å². The first-order chi connectivity index (χ1) is 58.4. The Morgan fingerprint density at radius 2 is 0.475 bits per heavy atom. The molecule has 0 aliphatic rings. The van der Waals surface area contributed by atoms with Gasteiger partial charge in [-0.25, -0.2) is 29.9 Å². The average Bonchev–Trinajstić information content (AvgIpc) is 1.22. The number of hydrogen-bond acceptors (Lipinski definition) is 10. The molecule has 0 saturated carbocycles. The molecule has 0 aliphatic carbocycles. The maximum atomic E-state index is 6.18. The number of rotatable bonds is 10. The van der Waals surface area contributed by atoms with Gasteiger partial charge in [-0.3, -0.25) is 0 Å². The lowest BCUT2D eigenvalue weighted by atomic mass is 9.97. The zero-order valence-electron chi connectivity index (χ0n) is 63.4. The van der Waals surface area contributed by atoms with Gasteiger partial charge in [0, 0.05) is 87.4 Å². The van der Waals surface area contributed by atoms with E-state index in [1.54, 1.807) is 0 Å². The van der Waals surface area contributed by atoms with Gasteiger partial charge in [-0.1, -0.05) is 285 Å². The largest absolute Gasteiger partial charge is 0.456 e. The van der Waals surface area contributed by atoms with Gasteiger partial charge in [0.1, 0.15) is 44.7 Å². The third kappa shape index (κ3) is 12.7. The van der Waals surface area contributed by atoms with Crippen molar-refractivity contribution in [2.45, 2.75) is 0 Å². The molecule has 0 radical (unpaired) electrons. The predicted molar refractivity (Wildman–Crippen MR) is 482 cm³/mol. The maximum absolute atomic E-state index is 6.18. The highest BCUT2D eigenvalue weighted by Gasteiger charge is 2.22. The molecule has 0 saturated heterocycles. The van der Waals surface area contributed by atoms with Gasteiger partial charge in [0.05, 0.1) is 56.1 Å². The molecule has 118 heavy (non-hydrogen) atoms. The third-order valence-electron chi connectivity index (χ3n) is 22.3. The molecular formula is C108H66N6O4. The lowest BCUT2D eigenvalue weighted by molar-refractivity contribution is 0.668. The van der Waals surface area contributed by atoms with Crippen LogP contribution >= 0.6 is 0 Å². The Balaban J connectivity index is 0.000000107. The number of hydrogen-bond donors (Lipinski definition) is 0. The molecule has 17 aromatic carbocycles. The highest BCUT2D eigenvalue weighted by atomic mass is 16.3. The van der Waals surface area contributed by atoms with E-state index in [9.17, 15) is 0 Å². The van der Waals surface area contributed by atoms with Gasteiger partial charge in [-0.05, 0) is 154 Å². The van der Waals surface area contributed by atoms with Gasteiger partial charge in [0.15, 0.2) is 5.82 Å². The van der Waals surface area contributed by atoms with Crippen LogP contribution in [0, 0.1) is 0 Å². The molecule has 552 valence electrons. The normalized spacial score (nSPS) is 11.6. The van der Waals surface area contributed by atoms with E-state index in [1.807, 2.05) is 182 Å². The Bertz CT molecular complexity index is 8000. The predicted octanol–water partition coefficient (Wildman–Crippen LogP) is 29.2. The summed E-state index contributed by atoms with van der Waals surface area (Å²) in [5.74, 6) is 0.728. The molecule has 0 bridgehead atoms. The van der Waals surface area contributed by atoms with Gasteiger partial charge >= 0.3 is 0 Å². The van der Waals surface area contributed by atoms with E-state index in [0.717, 1.165) is 222 Å². The van der Waals surface area contributed by atoms with Crippen molar-refractivity contribution in [3.05, 3.63) is 400 Å². The zero-order chi connectivity index (χ0) is 78.0. The van der Waals surface area contributed by atoms with E-state index in [0.29, 0.717) is 0 Å². The highest BCUT2D eigenvalue weighted by molar-refractivity contribution is 6.11. The summed E-state index contributed by atoms with van der Waals surface area (Å²) >= 11 is 0. The van der Waals surface area contributed by atoms with E-state index in [1.165, 1.54) is 11.1 Å². The second-order valence-corrected chi connectivity index (χ2v) is 29.5. The van der Waals surface area contributed by atoms with E-state index < -0.39 is 0 Å². The van der Waals surface area contributed by atoms with Crippen molar-refractivity contribution in [1.82, 2.24) is 29.9 Å². The number of furan rings is 4. The van der Waals surface area contributed by atoms with Crippen LogP contribution in [0.2, 0.25) is 0 Å². The van der Waals surface area contributed by atoms with E-state index >= 15 is 0 Å². The molecular weight excluding hydrogens is 1450 g/mol. The van der Waals surface area contributed by atoms with E-state index in [4.69, 9.17) is 47.6 Å². The summed E-state index contributed by atoms with van der Waals surface area (Å²) in [7, 11) is 0. The first-order valence-electron chi connectivity index (χ1n) is 39.4. The smallest absolute Gasteiger partial charge is 0.160 e. The van der Waals surface area contributed by atoms with Gasteiger partial charge in [0.25, 0.3) is 0 Å². The van der Waals surface area contributed by atoms with Crippen molar-refractivity contribution in [2.24, 2.45) is 0 Å². The minimum absolute atomic E-state index is 0.728. The first kappa shape index (κ1) is 68.7. The molecule has 0 N–H and O–H groups in total. The molecule has 7 heterocycles. The van der Waals surface area contributed by atoms with Crippen LogP contribution in [0.5, 0.6) is 0 Å². The van der Waals surface area contributed by atoms with E-state index in [-0.39, 0.29) is 0 Å². The van der Waals surface area contributed by atoms with Gasteiger partial charge in [-0.2, -0.15) is 0 Å². The van der Waals surface area contributed by atoms with Crippen molar-refractivity contribution in [1.29, 1.82) is 0 Å². The molecule has 24 aromatic rings. The molecule has 24 rings (SSSR count). The molecule has 0 amide bonds. The lowest BCUT2D eigenvalue weighted by Crippen LogP contribution is -1.97. The summed E-state index contributed by atoms with van der Waals surface area (Å²) < 4.78 is 24.5. The van der Waals surface area contributed by atoms with Crippen molar-refractivity contribution in [2.75, 3.05) is 0 Å². The van der Waals surface area contributed by atoms with E-state index in [2.05, 4.69) is 218 Å². The molecule has 0 spiro atoms. The van der Waals surface area contributed by atoms with Crippen LogP contribution in [-0.4, -0.2) is 29.9 Å². The van der Waals surface area contributed by atoms with Crippen molar-refractivity contribution < 1.29 is 17.7 Å². The first-order valence-corrected chi connectivity index (χ1v) is 39.4.